The van der Waals surface area contributed by atoms with Crippen molar-refractivity contribution in [3.05, 3.63) is 25.7 Å². The normalized spacial score (nSPS) is 12.1. The summed E-state index contributed by atoms with van der Waals surface area (Å²) < 4.78 is 0. The smallest absolute Gasteiger partial charge is 0.335 e. The van der Waals surface area contributed by atoms with Crippen molar-refractivity contribution in [3.8, 4) is 0 Å². The molecule has 1 atom stereocenters. The van der Waals surface area contributed by atoms with Gasteiger partial charge in [0, 0.05) is 17.7 Å². The molecule has 0 aliphatic heterocycles. The maximum Gasteiger partial charge on any atom is 0.335 e. The molecule has 1 rings (SSSR count). The Morgan fingerprint density at radius 1 is 1.62 bits per heavy atom. The lowest BCUT2D eigenvalue weighted by atomic mass is 10.3. The van der Waals surface area contributed by atoms with Crippen LogP contribution in [0, 0.1) is 17.0 Å². The number of hydrogen-bond donors (Lipinski definition) is 3. The Kier molecular flexibility index (Phi) is 6.99. The van der Waals surface area contributed by atoms with E-state index < -0.39 is 17.2 Å². The average Bonchev–Trinajstić information content (AvgIpc) is 2.74. The van der Waals surface area contributed by atoms with Gasteiger partial charge in [-0.25, -0.2) is 9.78 Å². The third kappa shape index (κ3) is 6.47. The van der Waals surface area contributed by atoms with Gasteiger partial charge in [0.05, 0.1) is 10.7 Å². The fourth-order valence-electron chi connectivity index (χ4n) is 1.62. The molecule has 0 unspecified atom stereocenters. The molecule has 0 amide bonds. The lowest BCUT2D eigenvalue weighted by molar-refractivity contribution is -0.757. The average molecular weight is 318 g/mol. The number of aryl methyl sites for hydroxylation is 2. The lowest BCUT2D eigenvalue weighted by Crippen LogP contribution is -2.44. The van der Waals surface area contributed by atoms with Gasteiger partial charge in [-0.05, 0) is 19.9 Å². The van der Waals surface area contributed by atoms with Crippen LogP contribution < -0.4 is 11.1 Å². The first-order valence-corrected chi connectivity index (χ1v) is 7.16. The summed E-state index contributed by atoms with van der Waals surface area (Å²) in [7, 11) is 0. The molecule has 10 heteroatoms. The molecular formula is C11H18N4O5S. The molecule has 1 heterocycles. The van der Waals surface area contributed by atoms with E-state index in [1.807, 2.05) is 6.92 Å². The van der Waals surface area contributed by atoms with Crippen molar-refractivity contribution in [2.75, 3.05) is 13.2 Å². The summed E-state index contributed by atoms with van der Waals surface area (Å²) in [5.74, 6) is -1.09. The van der Waals surface area contributed by atoms with Crippen LogP contribution in [0.5, 0.6) is 0 Å². The number of aliphatic carboxylic acids is 1. The molecule has 0 saturated heterocycles. The molecule has 0 bridgehead atoms. The summed E-state index contributed by atoms with van der Waals surface area (Å²) in [5, 5.41) is 21.5. The zero-order valence-electron chi connectivity index (χ0n) is 11.6. The molecule has 1 aromatic heterocycles. The van der Waals surface area contributed by atoms with E-state index in [4.69, 9.17) is 10.8 Å². The molecule has 0 aliphatic rings. The Labute approximate surface area is 125 Å². The standard InChI is InChI=1S/C11H18N4O5S/c1-7-8(4-6-20-15(18)19)21-9(14-7)3-2-5-13-10(12)11(16)17/h10,13H,2-6,12H2,1H3,(H,16,17)/t10-/m0/s1. The van der Waals surface area contributed by atoms with Crippen LogP contribution in [0.3, 0.4) is 0 Å². The van der Waals surface area contributed by atoms with Crippen molar-refractivity contribution < 1.29 is 19.8 Å². The maximum absolute atomic E-state index is 10.5. The molecule has 118 valence electrons. The number of carboxylic acids is 1. The van der Waals surface area contributed by atoms with Gasteiger partial charge in [0.15, 0.2) is 6.17 Å². The van der Waals surface area contributed by atoms with Gasteiger partial charge in [-0.15, -0.1) is 21.5 Å². The minimum Gasteiger partial charge on any atom is -0.479 e. The highest BCUT2D eigenvalue weighted by Gasteiger charge is 2.11. The lowest BCUT2D eigenvalue weighted by Gasteiger charge is -2.07. The second-order valence-electron chi connectivity index (χ2n) is 4.30. The van der Waals surface area contributed by atoms with E-state index in [1.165, 1.54) is 11.3 Å². The third-order valence-corrected chi connectivity index (χ3v) is 3.94. The summed E-state index contributed by atoms with van der Waals surface area (Å²) in [6.45, 7) is 2.34. The SMILES string of the molecule is Cc1nc(CCCN[C@H](N)C(=O)O)sc1CCO[N+](=O)[O-]. The van der Waals surface area contributed by atoms with Crippen LogP contribution in [0.2, 0.25) is 0 Å². The van der Waals surface area contributed by atoms with Crippen LogP contribution >= 0.6 is 11.3 Å². The maximum atomic E-state index is 10.5. The zero-order chi connectivity index (χ0) is 15.8. The largest absolute Gasteiger partial charge is 0.479 e. The Balaban J connectivity index is 2.33. The van der Waals surface area contributed by atoms with Crippen LogP contribution in [-0.2, 0) is 22.5 Å². The van der Waals surface area contributed by atoms with Gasteiger partial charge in [0.1, 0.15) is 6.61 Å². The van der Waals surface area contributed by atoms with Crippen molar-refractivity contribution in [1.29, 1.82) is 0 Å². The van der Waals surface area contributed by atoms with Crippen molar-refractivity contribution in [3.63, 3.8) is 0 Å². The first kappa shape index (κ1) is 17.3. The number of nitrogens with one attached hydrogen (secondary N) is 1. The second-order valence-corrected chi connectivity index (χ2v) is 5.46. The van der Waals surface area contributed by atoms with E-state index in [0.717, 1.165) is 15.6 Å². The molecule has 0 saturated carbocycles. The van der Waals surface area contributed by atoms with E-state index in [9.17, 15) is 14.9 Å². The number of nitrogens with zero attached hydrogens (tertiary/aromatic N) is 2. The summed E-state index contributed by atoms with van der Waals surface area (Å²) in [6, 6.07) is 0. The summed E-state index contributed by atoms with van der Waals surface area (Å²) >= 11 is 1.49. The Hall–Kier alpha value is -1.78. The van der Waals surface area contributed by atoms with Gasteiger partial charge in [0.25, 0.3) is 5.09 Å². The van der Waals surface area contributed by atoms with E-state index in [1.54, 1.807) is 0 Å². The van der Waals surface area contributed by atoms with Crippen LogP contribution in [0.15, 0.2) is 0 Å². The van der Waals surface area contributed by atoms with E-state index in [-0.39, 0.29) is 6.61 Å². The van der Waals surface area contributed by atoms with Crippen molar-refractivity contribution in [2.45, 2.75) is 32.4 Å². The number of thiazole rings is 1. The second kappa shape index (κ2) is 8.49. The molecule has 1 aromatic rings. The predicted octanol–water partition coefficient (Wildman–Crippen LogP) is 0.0939. The fourth-order valence-corrected chi connectivity index (χ4v) is 2.72. The van der Waals surface area contributed by atoms with E-state index in [2.05, 4.69) is 15.1 Å². The molecule has 9 nitrogen and oxygen atoms in total. The first-order valence-electron chi connectivity index (χ1n) is 6.34. The quantitative estimate of drug-likeness (QED) is 0.239. The molecule has 0 aromatic carbocycles. The highest BCUT2D eigenvalue weighted by Crippen LogP contribution is 2.19. The van der Waals surface area contributed by atoms with Crippen LogP contribution in [0.4, 0.5) is 0 Å². The number of carbonyl (C=O) groups is 1. The van der Waals surface area contributed by atoms with Crippen LogP contribution in [0.25, 0.3) is 0 Å². The molecular weight excluding hydrogens is 300 g/mol. The van der Waals surface area contributed by atoms with Crippen molar-refractivity contribution >= 4 is 17.3 Å². The number of nitrogens with two attached hydrogens (primary N) is 1. The monoisotopic (exact) mass is 318 g/mol. The number of hydrogen-bond acceptors (Lipinski definition) is 8. The molecule has 4 N–H and O–H groups in total. The number of aromatic nitrogens is 1. The Bertz CT molecular complexity index is 493. The fraction of sp³-hybridized carbons (Fsp3) is 0.636. The van der Waals surface area contributed by atoms with Crippen LogP contribution in [-0.4, -0.2) is 40.5 Å². The van der Waals surface area contributed by atoms with Gasteiger partial charge >= 0.3 is 5.97 Å². The minimum atomic E-state index is -1.09. The van der Waals surface area contributed by atoms with Crippen LogP contribution in [0.1, 0.15) is 22.0 Å². The topological polar surface area (TPSA) is 141 Å². The minimum absolute atomic E-state index is 0.0183. The first-order chi connectivity index (χ1) is 9.90. The van der Waals surface area contributed by atoms with E-state index >= 15 is 0 Å². The highest BCUT2D eigenvalue weighted by molar-refractivity contribution is 7.11. The highest BCUT2D eigenvalue weighted by atomic mass is 32.1. The molecule has 0 aliphatic carbocycles. The van der Waals surface area contributed by atoms with Crippen molar-refractivity contribution in [2.24, 2.45) is 5.73 Å². The number of carboxylic acid groups (broad SMARTS) is 1. The summed E-state index contributed by atoms with van der Waals surface area (Å²) in [5.41, 5.74) is 6.16. The Morgan fingerprint density at radius 3 is 2.95 bits per heavy atom. The van der Waals surface area contributed by atoms with Gasteiger partial charge in [0.2, 0.25) is 0 Å². The third-order valence-electron chi connectivity index (χ3n) is 2.66. The summed E-state index contributed by atoms with van der Waals surface area (Å²) in [6.07, 6.45) is 0.796. The number of rotatable bonds is 10. The molecule has 0 radical (unpaired) electrons. The van der Waals surface area contributed by atoms with Gasteiger partial charge in [-0.2, -0.15) is 0 Å². The van der Waals surface area contributed by atoms with Gasteiger partial charge in [-0.3, -0.25) is 5.32 Å². The predicted molar refractivity (Wildman–Crippen MR) is 75.4 cm³/mol. The Morgan fingerprint density at radius 2 is 2.33 bits per heavy atom. The zero-order valence-corrected chi connectivity index (χ0v) is 12.4. The summed E-state index contributed by atoms with van der Waals surface area (Å²) in [4.78, 5) is 30.2. The molecule has 21 heavy (non-hydrogen) atoms. The van der Waals surface area contributed by atoms with Gasteiger partial charge < -0.3 is 15.7 Å². The molecule has 0 spiro atoms. The van der Waals surface area contributed by atoms with Crippen molar-refractivity contribution in [1.82, 2.24) is 10.3 Å². The molecule has 0 fully saturated rings. The van der Waals surface area contributed by atoms with Gasteiger partial charge in [-0.1, -0.05) is 0 Å². The van der Waals surface area contributed by atoms with E-state index in [0.29, 0.717) is 25.8 Å².